The van der Waals surface area contributed by atoms with E-state index in [4.69, 9.17) is 0 Å². The van der Waals surface area contributed by atoms with Gasteiger partial charge in [0.25, 0.3) is 0 Å². The van der Waals surface area contributed by atoms with E-state index in [1.54, 1.807) is 0 Å². The molecule has 1 N–H and O–H groups in total. The van der Waals surface area contributed by atoms with E-state index >= 15 is 0 Å². The molecule has 1 aliphatic carbocycles. The Morgan fingerprint density at radius 3 is 2.35 bits per heavy atom. The first-order valence-electron chi connectivity index (χ1n) is 8.28. The van der Waals surface area contributed by atoms with Gasteiger partial charge in [-0.3, -0.25) is 0 Å². The van der Waals surface area contributed by atoms with Crippen LogP contribution in [0.2, 0.25) is 0 Å². The summed E-state index contributed by atoms with van der Waals surface area (Å²) in [5.41, 5.74) is 0. The zero-order valence-corrected chi connectivity index (χ0v) is 12.9. The topological polar surface area (TPSA) is 12.0 Å². The van der Waals surface area contributed by atoms with Crippen molar-refractivity contribution in [1.29, 1.82) is 0 Å². The minimum absolute atomic E-state index is 0.199. The van der Waals surface area contributed by atoms with Crippen LogP contribution in [0.4, 0.5) is 13.2 Å². The first-order valence-corrected chi connectivity index (χ1v) is 8.28. The summed E-state index contributed by atoms with van der Waals surface area (Å²) in [6.45, 7) is 4.21. The first-order chi connectivity index (χ1) is 9.45. The fourth-order valence-corrected chi connectivity index (χ4v) is 3.23. The van der Waals surface area contributed by atoms with E-state index in [0.717, 1.165) is 19.3 Å². The fourth-order valence-electron chi connectivity index (χ4n) is 3.23. The third-order valence-corrected chi connectivity index (χ3v) is 4.43. The Balaban J connectivity index is 2.29. The summed E-state index contributed by atoms with van der Waals surface area (Å²) in [5.74, 6) is -1.14. The van der Waals surface area contributed by atoms with Crippen LogP contribution in [-0.4, -0.2) is 18.3 Å². The normalized spacial score (nSPS) is 25.6. The van der Waals surface area contributed by atoms with Gasteiger partial charge in [0.2, 0.25) is 0 Å². The predicted octanol–water partition coefficient (Wildman–Crippen LogP) is 5.45. The van der Waals surface area contributed by atoms with E-state index in [1.807, 2.05) is 6.92 Å². The molecule has 0 heterocycles. The quantitative estimate of drug-likeness (QED) is 0.587. The maximum Gasteiger partial charge on any atom is 0.393 e. The van der Waals surface area contributed by atoms with Crippen LogP contribution in [0.3, 0.4) is 0 Å². The van der Waals surface area contributed by atoms with Crippen molar-refractivity contribution >= 4 is 0 Å². The van der Waals surface area contributed by atoms with E-state index < -0.39 is 12.1 Å². The van der Waals surface area contributed by atoms with Crippen LogP contribution in [0, 0.1) is 5.92 Å². The molecule has 120 valence electrons. The Bertz CT molecular complexity index is 253. The lowest BCUT2D eigenvalue weighted by atomic mass is 9.83. The lowest BCUT2D eigenvalue weighted by Gasteiger charge is -2.35. The van der Waals surface area contributed by atoms with Gasteiger partial charge in [-0.1, -0.05) is 51.9 Å². The molecular formula is C16H30F3N. The molecule has 1 rings (SSSR count). The van der Waals surface area contributed by atoms with Crippen molar-refractivity contribution in [3.63, 3.8) is 0 Å². The lowest BCUT2D eigenvalue weighted by molar-refractivity contribution is -0.189. The zero-order chi connectivity index (χ0) is 15.0. The molecule has 1 saturated carbocycles. The SMILES string of the molecule is CCCCCCCC(C)NC1CCCCC1C(F)(F)F. The summed E-state index contributed by atoms with van der Waals surface area (Å²) in [4.78, 5) is 0. The third-order valence-electron chi connectivity index (χ3n) is 4.43. The van der Waals surface area contributed by atoms with Crippen LogP contribution < -0.4 is 5.32 Å². The molecule has 4 heteroatoms. The van der Waals surface area contributed by atoms with Crippen LogP contribution in [0.5, 0.6) is 0 Å². The van der Waals surface area contributed by atoms with Gasteiger partial charge in [-0.15, -0.1) is 0 Å². The smallest absolute Gasteiger partial charge is 0.311 e. The standard InChI is InChI=1S/C16H30F3N/c1-3-4-5-6-7-10-13(2)20-15-12-9-8-11-14(15)16(17,18)19/h13-15,20H,3-12H2,1-2H3. The Morgan fingerprint density at radius 2 is 1.70 bits per heavy atom. The van der Waals surface area contributed by atoms with Gasteiger partial charge in [0.15, 0.2) is 0 Å². The average molecular weight is 293 g/mol. The summed E-state index contributed by atoms with van der Waals surface area (Å²) < 4.78 is 39.0. The molecule has 20 heavy (non-hydrogen) atoms. The molecule has 0 aromatic rings. The molecular weight excluding hydrogens is 263 g/mol. The molecule has 1 aliphatic rings. The molecule has 1 nitrogen and oxygen atoms in total. The summed E-state index contributed by atoms with van der Waals surface area (Å²) in [5, 5.41) is 3.25. The third kappa shape index (κ3) is 6.47. The van der Waals surface area contributed by atoms with Gasteiger partial charge < -0.3 is 5.32 Å². The van der Waals surface area contributed by atoms with Crippen molar-refractivity contribution in [3.05, 3.63) is 0 Å². The molecule has 0 amide bonds. The zero-order valence-electron chi connectivity index (χ0n) is 12.9. The Kier molecular flexibility index (Phi) is 7.93. The highest BCUT2D eigenvalue weighted by molar-refractivity contribution is 4.86. The van der Waals surface area contributed by atoms with Crippen molar-refractivity contribution in [2.24, 2.45) is 5.92 Å². The molecule has 0 aromatic heterocycles. The van der Waals surface area contributed by atoms with E-state index in [-0.39, 0.29) is 12.1 Å². The molecule has 0 radical (unpaired) electrons. The second kappa shape index (κ2) is 8.91. The number of alkyl halides is 3. The minimum Gasteiger partial charge on any atom is -0.311 e. The maximum atomic E-state index is 13.0. The Hall–Kier alpha value is -0.250. The van der Waals surface area contributed by atoms with Gasteiger partial charge in [0.1, 0.15) is 0 Å². The number of unbranched alkanes of at least 4 members (excludes halogenated alkanes) is 4. The summed E-state index contributed by atoms with van der Waals surface area (Å²) in [7, 11) is 0. The number of hydrogen-bond donors (Lipinski definition) is 1. The number of rotatable bonds is 8. The van der Waals surface area contributed by atoms with Crippen molar-refractivity contribution < 1.29 is 13.2 Å². The van der Waals surface area contributed by atoms with Crippen LogP contribution >= 0.6 is 0 Å². The Morgan fingerprint density at radius 1 is 1.05 bits per heavy atom. The second-order valence-electron chi connectivity index (χ2n) is 6.31. The largest absolute Gasteiger partial charge is 0.393 e. The van der Waals surface area contributed by atoms with Gasteiger partial charge in [-0.2, -0.15) is 13.2 Å². The summed E-state index contributed by atoms with van der Waals surface area (Å²) in [6.07, 6.45) is 5.62. The van der Waals surface area contributed by atoms with Gasteiger partial charge in [-0.25, -0.2) is 0 Å². The van der Waals surface area contributed by atoms with E-state index in [2.05, 4.69) is 12.2 Å². The molecule has 0 saturated heterocycles. The van der Waals surface area contributed by atoms with E-state index in [0.29, 0.717) is 19.3 Å². The summed E-state index contributed by atoms with van der Waals surface area (Å²) >= 11 is 0. The molecule has 0 aliphatic heterocycles. The van der Waals surface area contributed by atoms with Gasteiger partial charge in [0.05, 0.1) is 5.92 Å². The number of halogens is 3. The van der Waals surface area contributed by atoms with Crippen molar-refractivity contribution in [2.75, 3.05) is 0 Å². The van der Waals surface area contributed by atoms with Crippen LogP contribution in [0.25, 0.3) is 0 Å². The van der Waals surface area contributed by atoms with Gasteiger partial charge >= 0.3 is 6.18 Å². The minimum atomic E-state index is -4.04. The molecule has 0 aromatic carbocycles. The predicted molar refractivity (Wildman–Crippen MR) is 77.8 cm³/mol. The van der Waals surface area contributed by atoms with Gasteiger partial charge in [0, 0.05) is 12.1 Å². The second-order valence-corrected chi connectivity index (χ2v) is 6.31. The summed E-state index contributed by atoms with van der Waals surface area (Å²) in [6, 6.07) is -0.168. The van der Waals surface area contributed by atoms with E-state index in [1.165, 1.54) is 25.7 Å². The first kappa shape index (κ1) is 17.8. The monoisotopic (exact) mass is 293 g/mol. The fraction of sp³-hybridized carbons (Fsp3) is 1.00. The molecule has 1 fully saturated rings. The van der Waals surface area contributed by atoms with Crippen molar-refractivity contribution in [1.82, 2.24) is 5.32 Å². The highest BCUT2D eigenvalue weighted by Crippen LogP contribution is 2.38. The average Bonchev–Trinajstić information content (AvgIpc) is 2.38. The van der Waals surface area contributed by atoms with Crippen LogP contribution in [0.15, 0.2) is 0 Å². The van der Waals surface area contributed by atoms with E-state index in [9.17, 15) is 13.2 Å². The van der Waals surface area contributed by atoms with Crippen molar-refractivity contribution in [3.8, 4) is 0 Å². The van der Waals surface area contributed by atoms with Crippen molar-refractivity contribution in [2.45, 2.75) is 96.3 Å². The van der Waals surface area contributed by atoms with Gasteiger partial charge in [-0.05, 0) is 26.2 Å². The molecule has 3 unspecified atom stereocenters. The molecule has 0 spiro atoms. The molecule has 3 atom stereocenters. The highest BCUT2D eigenvalue weighted by Gasteiger charge is 2.45. The number of hydrogen-bond acceptors (Lipinski definition) is 1. The number of nitrogens with one attached hydrogen (secondary N) is 1. The molecule has 0 bridgehead atoms. The lowest BCUT2D eigenvalue weighted by Crippen LogP contribution is -2.48. The van der Waals surface area contributed by atoms with Crippen LogP contribution in [-0.2, 0) is 0 Å². The maximum absolute atomic E-state index is 13.0. The Labute approximate surface area is 121 Å². The van der Waals surface area contributed by atoms with Crippen LogP contribution in [0.1, 0.15) is 78.1 Å². The highest BCUT2D eigenvalue weighted by atomic mass is 19.4.